The van der Waals surface area contributed by atoms with Gasteiger partial charge < -0.3 is 10.1 Å². The maximum atomic E-state index is 5.73. The summed E-state index contributed by atoms with van der Waals surface area (Å²) in [7, 11) is 1.97. The smallest absolute Gasteiger partial charge is 0.124 e. The lowest BCUT2D eigenvalue weighted by atomic mass is 9.96. The van der Waals surface area contributed by atoms with Gasteiger partial charge in [-0.25, -0.2) is 0 Å². The van der Waals surface area contributed by atoms with Gasteiger partial charge >= 0.3 is 0 Å². The maximum absolute atomic E-state index is 5.73. The minimum atomic E-state index is 0.116. The fourth-order valence-corrected chi connectivity index (χ4v) is 2.29. The van der Waals surface area contributed by atoms with Crippen LogP contribution in [0.25, 0.3) is 0 Å². The molecule has 2 aromatic rings. The van der Waals surface area contributed by atoms with E-state index in [0.717, 1.165) is 11.3 Å². The van der Waals surface area contributed by atoms with Crippen molar-refractivity contribution < 1.29 is 4.74 Å². The summed E-state index contributed by atoms with van der Waals surface area (Å²) < 4.78 is 5.73. The monoisotopic (exact) mass is 256 g/mol. The number of nitrogens with one attached hydrogen (secondary N) is 1. The maximum Gasteiger partial charge on any atom is 0.124 e. The van der Waals surface area contributed by atoms with E-state index in [1.165, 1.54) is 11.1 Å². The highest BCUT2D eigenvalue weighted by atomic mass is 16.5. The molecular weight excluding hydrogens is 236 g/mol. The molecule has 0 saturated heterocycles. The highest BCUT2D eigenvalue weighted by Crippen LogP contribution is 2.30. The molecule has 1 N–H and O–H groups in total. The van der Waals surface area contributed by atoms with Crippen LogP contribution in [0.3, 0.4) is 0 Å². The number of para-hydroxylation sites is 1. The topological polar surface area (TPSA) is 34.1 Å². The number of aryl methyl sites for hydroxylation is 1. The first kappa shape index (κ1) is 13.6. The van der Waals surface area contributed by atoms with E-state index in [1.807, 2.05) is 44.6 Å². The third kappa shape index (κ3) is 2.93. The van der Waals surface area contributed by atoms with E-state index >= 15 is 0 Å². The molecule has 0 aliphatic heterocycles. The highest BCUT2D eigenvalue weighted by molar-refractivity contribution is 5.43. The van der Waals surface area contributed by atoms with Crippen LogP contribution in [-0.2, 0) is 0 Å². The molecule has 0 amide bonds. The SMILES string of the molecule is CCOc1ccccc1C(NC)c1ccncc1C. The van der Waals surface area contributed by atoms with Crippen molar-refractivity contribution in [3.63, 3.8) is 0 Å². The number of hydrogen-bond donors (Lipinski definition) is 1. The largest absolute Gasteiger partial charge is 0.494 e. The minimum Gasteiger partial charge on any atom is -0.494 e. The van der Waals surface area contributed by atoms with Crippen molar-refractivity contribution in [3.8, 4) is 5.75 Å². The Kier molecular flexibility index (Phi) is 4.53. The van der Waals surface area contributed by atoms with E-state index in [4.69, 9.17) is 4.74 Å². The van der Waals surface area contributed by atoms with Crippen LogP contribution in [0.2, 0.25) is 0 Å². The lowest BCUT2D eigenvalue weighted by molar-refractivity contribution is 0.334. The number of aromatic nitrogens is 1. The Morgan fingerprint density at radius 3 is 2.68 bits per heavy atom. The third-order valence-electron chi connectivity index (χ3n) is 3.19. The van der Waals surface area contributed by atoms with Crippen molar-refractivity contribution in [1.82, 2.24) is 10.3 Å². The van der Waals surface area contributed by atoms with Crippen LogP contribution in [0.4, 0.5) is 0 Å². The summed E-state index contributed by atoms with van der Waals surface area (Å²) in [4.78, 5) is 4.16. The fourth-order valence-electron chi connectivity index (χ4n) is 2.29. The number of rotatable bonds is 5. The number of hydrogen-bond acceptors (Lipinski definition) is 3. The molecule has 1 aromatic carbocycles. The van der Waals surface area contributed by atoms with E-state index < -0.39 is 0 Å². The predicted molar refractivity (Wildman–Crippen MR) is 77.5 cm³/mol. The van der Waals surface area contributed by atoms with Crippen LogP contribution in [-0.4, -0.2) is 18.6 Å². The van der Waals surface area contributed by atoms with Crippen molar-refractivity contribution in [1.29, 1.82) is 0 Å². The summed E-state index contributed by atoms with van der Waals surface area (Å²) in [6.45, 7) is 4.75. The molecule has 3 nitrogen and oxygen atoms in total. The van der Waals surface area contributed by atoms with E-state index in [0.29, 0.717) is 6.61 Å². The molecule has 100 valence electrons. The van der Waals surface area contributed by atoms with Gasteiger partial charge in [-0.15, -0.1) is 0 Å². The van der Waals surface area contributed by atoms with Gasteiger partial charge in [-0.1, -0.05) is 18.2 Å². The average molecular weight is 256 g/mol. The van der Waals surface area contributed by atoms with Crippen molar-refractivity contribution in [2.75, 3.05) is 13.7 Å². The third-order valence-corrected chi connectivity index (χ3v) is 3.19. The molecule has 1 atom stereocenters. The molecule has 0 aliphatic carbocycles. The summed E-state index contributed by atoms with van der Waals surface area (Å²) in [5, 5.41) is 3.37. The second-order valence-electron chi connectivity index (χ2n) is 4.42. The van der Waals surface area contributed by atoms with Gasteiger partial charge in [0.1, 0.15) is 5.75 Å². The summed E-state index contributed by atoms with van der Waals surface area (Å²) in [6, 6.07) is 10.3. The van der Waals surface area contributed by atoms with Gasteiger partial charge in [-0.05, 0) is 44.2 Å². The van der Waals surface area contributed by atoms with Crippen molar-refractivity contribution in [2.24, 2.45) is 0 Å². The minimum absolute atomic E-state index is 0.116. The lowest BCUT2D eigenvalue weighted by Gasteiger charge is -2.21. The van der Waals surface area contributed by atoms with E-state index in [2.05, 4.69) is 29.4 Å². The Bertz CT molecular complexity index is 540. The predicted octanol–water partition coefficient (Wildman–Crippen LogP) is 3.10. The van der Waals surface area contributed by atoms with Gasteiger partial charge in [0.15, 0.2) is 0 Å². The first-order chi connectivity index (χ1) is 9.27. The van der Waals surface area contributed by atoms with Gasteiger partial charge in [-0.3, -0.25) is 4.98 Å². The zero-order valence-electron chi connectivity index (χ0n) is 11.7. The van der Waals surface area contributed by atoms with Crippen LogP contribution in [0, 0.1) is 6.92 Å². The lowest BCUT2D eigenvalue weighted by Crippen LogP contribution is -2.19. The first-order valence-electron chi connectivity index (χ1n) is 6.57. The molecule has 1 unspecified atom stereocenters. The quantitative estimate of drug-likeness (QED) is 0.892. The number of benzene rings is 1. The molecule has 1 aromatic heterocycles. The highest BCUT2D eigenvalue weighted by Gasteiger charge is 2.17. The summed E-state index contributed by atoms with van der Waals surface area (Å²) in [5.41, 5.74) is 3.55. The Hall–Kier alpha value is -1.87. The molecule has 0 spiro atoms. The summed E-state index contributed by atoms with van der Waals surface area (Å²) >= 11 is 0. The Labute approximate surface area is 114 Å². The Morgan fingerprint density at radius 2 is 2.00 bits per heavy atom. The van der Waals surface area contributed by atoms with Crippen molar-refractivity contribution in [3.05, 3.63) is 59.4 Å². The van der Waals surface area contributed by atoms with Crippen LogP contribution in [0.1, 0.15) is 29.7 Å². The van der Waals surface area contributed by atoms with E-state index in [1.54, 1.807) is 0 Å². The van der Waals surface area contributed by atoms with Gasteiger partial charge in [0.05, 0.1) is 12.6 Å². The molecule has 0 fully saturated rings. The summed E-state index contributed by atoms with van der Waals surface area (Å²) in [5.74, 6) is 0.931. The van der Waals surface area contributed by atoms with Crippen molar-refractivity contribution >= 4 is 0 Å². The molecule has 0 saturated carbocycles. The van der Waals surface area contributed by atoms with Crippen molar-refractivity contribution in [2.45, 2.75) is 19.9 Å². The second-order valence-corrected chi connectivity index (χ2v) is 4.42. The van der Waals surface area contributed by atoms with Gasteiger partial charge in [0, 0.05) is 18.0 Å². The van der Waals surface area contributed by atoms with Crippen LogP contribution < -0.4 is 10.1 Å². The molecule has 2 rings (SSSR count). The number of nitrogens with zero attached hydrogens (tertiary/aromatic N) is 1. The van der Waals surface area contributed by atoms with Crippen LogP contribution in [0.15, 0.2) is 42.7 Å². The fraction of sp³-hybridized carbons (Fsp3) is 0.312. The summed E-state index contributed by atoms with van der Waals surface area (Å²) in [6.07, 6.45) is 3.72. The van der Waals surface area contributed by atoms with Crippen LogP contribution >= 0.6 is 0 Å². The molecule has 0 bridgehead atoms. The number of ether oxygens (including phenoxy) is 1. The Balaban J connectivity index is 2.45. The van der Waals surface area contributed by atoms with Gasteiger partial charge in [0.25, 0.3) is 0 Å². The van der Waals surface area contributed by atoms with Gasteiger partial charge in [0.2, 0.25) is 0 Å². The standard InChI is InChI=1S/C16H20N2O/c1-4-19-15-8-6-5-7-14(15)16(17-3)13-9-10-18-11-12(13)2/h5-11,16-17H,4H2,1-3H3. The molecule has 19 heavy (non-hydrogen) atoms. The number of pyridine rings is 1. The average Bonchev–Trinajstić information content (AvgIpc) is 2.44. The first-order valence-corrected chi connectivity index (χ1v) is 6.57. The van der Waals surface area contributed by atoms with Gasteiger partial charge in [-0.2, -0.15) is 0 Å². The molecular formula is C16H20N2O. The zero-order valence-corrected chi connectivity index (χ0v) is 11.7. The zero-order chi connectivity index (χ0) is 13.7. The molecule has 0 aliphatic rings. The van der Waals surface area contributed by atoms with E-state index in [9.17, 15) is 0 Å². The van der Waals surface area contributed by atoms with E-state index in [-0.39, 0.29) is 6.04 Å². The second kappa shape index (κ2) is 6.34. The van der Waals surface area contributed by atoms with Crippen LogP contribution in [0.5, 0.6) is 5.75 Å². The molecule has 0 radical (unpaired) electrons. The molecule has 3 heteroatoms. The molecule has 1 heterocycles. The normalized spacial score (nSPS) is 12.2. The Morgan fingerprint density at radius 1 is 1.21 bits per heavy atom.